The zero-order chi connectivity index (χ0) is 20.9. The van der Waals surface area contributed by atoms with E-state index in [4.69, 9.17) is 4.74 Å². The third-order valence-electron chi connectivity index (χ3n) is 4.40. The largest absolute Gasteiger partial charge is 0.495 e. The van der Waals surface area contributed by atoms with E-state index in [1.54, 1.807) is 18.4 Å². The maximum absolute atomic E-state index is 13.3. The molecule has 30 heavy (non-hydrogen) atoms. The molecule has 0 fully saturated rings. The first-order chi connectivity index (χ1) is 14.6. The van der Waals surface area contributed by atoms with Gasteiger partial charge in [-0.25, -0.2) is 4.98 Å². The first-order valence-corrected chi connectivity index (χ1v) is 11.0. The summed E-state index contributed by atoms with van der Waals surface area (Å²) in [6, 6.07) is 19.2. The molecule has 2 heterocycles. The van der Waals surface area contributed by atoms with Crippen molar-refractivity contribution in [2.24, 2.45) is 0 Å². The lowest BCUT2D eigenvalue weighted by Crippen LogP contribution is -2.19. The van der Waals surface area contributed by atoms with Gasteiger partial charge in [0.1, 0.15) is 11.0 Å². The molecule has 2 aromatic heterocycles. The number of aromatic nitrogens is 3. The predicted molar refractivity (Wildman–Crippen MR) is 121 cm³/mol. The fourth-order valence-corrected chi connectivity index (χ4v) is 4.52. The second-order valence-electron chi connectivity index (χ2n) is 6.55. The average molecular weight is 437 g/mol. The van der Waals surface area contributed by atoms with Crippen LogP contribution in [-0.4, -0.2) is 28.2 Å². The third kappa shape index (κ3) is 4.55. The monoisotopic (exact) mass is 436 g/mol. The van der Waals surface area contributed by atoms with E-state index in [-0.39, 0.29) is 5.91 Å². The number of H-pyrrole nitrogens is 1. The number of thioether (sulfide) groups is 1. The van der Waals surface area contributed by atoms with Crippen LogP contribution in [0.2, 0.25) is 0 Å². The molecule has 1 atom stereocenters. The van der Waals surface area contributed by atoms with Gasteiger partial charge in [-0.15, -0.1) is 16.4 Å². The number of aryl methyl sites for hydroxylation is 1. The highest BCUT2D eigenvalue weighted by Gasteiger charge is 2.25. The van der Waals surface area contributed by atoms with Crippen molar-refractivity contribution in [3.05, 3.63) is 77.2 Å². The van der Waals surface area contributed by atoms with E-state index in [0.29, 0.717) is 22.4 Å². The van der Waals surface area contributed by atoms with Crippen LogP contribution in [0.1, 0.15) is 16.4 Å². The molecule has 0 saturated heterocycles. The maximum Gasteiger partial charge on any atom is 0.242 e. The highest BCUT2D eigenvalue weighted by atomic mass is 32.2. The van der Waals surface area contributed by atoms with Crippen molar-refractivity contribution in [3.8, 4) is 16.5 Å². The first kappa shape index (κ1) is 20.2. The van der Waals surface area contributed by atoms with E-state index in [0.717, 1.165) is 16.0 Å². The van der Waals surface area contributed by atoms with Crippen molar-refractivity contribution in [1.29, 1.82) is 0 Å². The molecule has 4 rings (SSSR count). The van der Waals surface area contributed by atoms with Crippen LogP contribution in [-0.2, 0) is 4.79 Å². The Bertz CT molecular complexity index is 1130. The van der Waals surface area contributed by atoms with Crippen LogP contribution < -0.4 is 10.1 Å². The molecule has 0 aliphatic carbocycles. The summed E-state index contributed by atoms with van der Waals surface area (Å²) in [5.41, 5.74) is 2.54. The Morgan fingerprint density at radius 3 is 2.73 bits per heavy atom. The highest BCUT2D eigenvalue weighted by molar-refractivity contribution is 8.00. The second kappa shape index (κ2) is 9.15. The van der Waals surface area contributed by atoms with Gasteiger partial charge in [-0.2, -0.15) is 0 Å². The minimum Gasteiger partial charge on any atom is -0.495 e. The fraction of sp³-hybridized carbons (Fsp3) is 0.136. The van der Waals surface area contributed by atoms with Gasteiger partial charge in [0.05, 0.1) is 17.7 Å². The summed E-state index contributed by atoms with van der Waals surface area (Å²) >= 11 is 2.89. The Kier molecular flexibility index (Phi) is 6.15. The Balaban J connectivity index is 1.61. The van der Waals surface area contributed by atoms with Crippen molar-refractivity contribution >= 4 is 34.7 Å². The number of aromatic amines is 1. The van der Waals surface area contributed by atoms with E-state index >= 15 is 0 Å². The topological polar surface area (TPSA) is 79.9 Å². The molecule has 1 amide bonds. The number of nitrogens with one attached hydrogen (secondary N) is 2. The number of thiophene rings is 1. The number of rotatable bonds is 7. The first-order valence-electron chi connectivity index (χ1n) is 9.27. The molecule has 6 nitrogen and oxygen atoms in total. The summed E-state index contributed by atoms with van der Waals surface area (Å²) in [4.78, 5) is 18.8. The minimum atomic E-state index is -0.525. The molecule has 0 spiro atoms. The van der Waals surface area contributed by atoms with Gasteiger partial charge >= 0.3 is 0 Å². The average Bonchev–Trinajstić information content (AvgIpc) is 3.45. The molecule has 2 N–H and O–H groups in total. The van der Waals surface area contributed by atoms with Crippen molar-refractivity contribution in [3.63, 3.8) is 0 Å². The summed E-state index contributed by atoms with van der Waals surface area (Å²) in [6.07, 6.45) is 0. The minimum absolute atomic E-state index is 0.169. The Morgan fingerprint density at radius 1 is 1.17 bits per heavy atom. The number of carbonyl (C=O) groups excluding carboxylic acids is 1. The number of anilines is 1. The van der Waals surface area contributed by atoms with Crippen LogP contribution in [0.25, 0.3) is 10.7 Å². The van der Waals surface area contributed by atoms with Gasteiger partial charge in [-0.05, 0) is 41.6 Å². The van der Waals surface area contributed by atoms with Crippen LogP contribution >= 0.6 is 23.1 Å². The number of hydrogen-bond donors (Lipinski definition) is 2. The third-order valence-corrected chi connectivity index (χ3v) is 6.39. The number of carbonyl (C=O) groups is 1. The van der Waals surface area contributed by atoms with Crippen LogP contribution in [0, 0.1) is 6.92 Å². The number of hydrogen-bond acceptors (Lipinski definition) is 6. The number of benzene rings is 2. The van der Waals surface area contributed by atoms with Gasteiger partial charge in [0.15, 0.2) is 5.82 Å². The van der Waals surface area contributed by atoms with Gasteiger partial charge in [0.2, 0.25) is 11.1 Å². The number of amides is 1. The summed E-state index contributed by atoms with van der Waals surface area (Å²) in [5, 5.41) is 12.2. The fourth-order valence-electron chi connectivity index (χ4n) is 2.95. The smallest absolute Gasteiger partial charge is 0.242 e. The summed E-state index contributed by atoms with van der Waals surface area (Å²) in [5.74, 6) is 1.14. The van der Waals surface area contributed by atoms with E-state index in [9.17, 15) is 4.79 Å². The van der Waals surface area contributed by atoms with Gasteiger partial charge in [0.25, 0.3) is 0 Å². The lowest BCUT2D eigenvalue weighted by atomic mass is 10.1. The Hall–Kier alpha value is -3.10. The van der Waals surface area contributed by atoms with Gasteiger partial charge in [0, 0.05) is 0 Å². The van der Waals surface area contributed by atoms with E-state index < -0.39 is 5.25 Å². The van der Waals surface area contributed by atoms with E-state index in [1.165, 1.54) is 11.8 Å². The molecule has 8 heteroatoms. The van der Waals surface area contributed by atoms with Crippen LogP contribution in [0.15, 0.2) is 71.2 Å². The van der Waals surface area contributed by atoms with Crippen molar-refractivity contribution in [2.45, 2.75) is 17.3 Å². The van der Waals surface area contributed by atoms with Crippen LogP contribution in [0.4, 0.5) is 5.69 Å². The number of nitrogens with zero attached hydrogens (tertiary/aromatic N) is 2. The SMILES string of the molecule is COc1ccc(C)cc1NC(=O)[C@H](Sc1n[nH]c(-c2cccs2)n1)c1ccccc1. The summed E-state index contributed by atoms with van der Waals surface area (Å²) in [7, 11) is 1.59. The molecule has 0 unspecified atom stereocenters. The molecule has 2 aromatic carbocycles. The second-order valence-corrected chi connectivity index (χ2v) is 8.57. The molecular formula is C22H20N4O2S2. The number of ether oxygens (including phenoxy) is 1. The van der Waals surface area contributed by atoms with Gasteiger partial charge < -0.3 is 10.1 Å². The molecule has 0 saturated carbocycles. The van der Waals surface area contributed by atoms with Gasteiger partial charge in [-0.1, -0.05) is 54.2 Å². The van der Waals surface area contributed by atoms with Crippen molar-refractivity contribution < 1.29 is 9.53 Å². The molecule has 0 bridgehead atoms. The summed E-state index contributed by atoms with van der Waals surface area (Å²) < 4.78 is 5.40. The van der Waals surface area contributed by atoms with Crippen molar-refractivity contribution in [1.82, 2.24) is 15.2 Å². The molecular weight excluding hydrogens is 416 g/mol. The van der Waals surface area contributed by atoms with Gasteiger partial charge in [-0.3, -0.25) is 9.89 Å². The quantitative estimate of drug-likeness (QED) is 0.383. The number of methoxy groups -OCH3 is 1. The van der Waals surface area contributed by atoms with Crippen LogP contribution in [0.5, 0.6) is 5.75 Å². The normalized spacial score (nSPS) is 11.8. The zero-order valence-corrected chi connectivity index (χ0v) is 18.1. The van der Waals surface area contributed by atoms with E-state index in [2.05, 4.69) is 20.5 Å². The molecule has 4 aromatic rings. The predicted octanol–water partition coefficient (Wildman–Crippen LogP) is 5.32. The molecule has 152 valence electrons. The molecule has 0 aliphatic heterocycles. The standard InChI is InChI=1S/C22H20N4O2S2/c1-14-10-11-17(28-2)16(13-14)23-21(27)19(15-7-4-3-5-8-15)30-22-24-20(25-26-22)18-9-6-12-29-18/h3-13,19H,1-2H3,(H,23,27)(H,24,25,26)/t19-/m1/s1. The van der Waals surface area contributed by atoms with Crippen LogP contribution in [0.3, 0.4) is 0 Å². The van der Waals surface area contributed by atoms with Crippen molar-refractivity contribution in [2.75, 3.05) is 12.4 Å². The Labute approximate surface area is 182 Å². The summed E-state index contributed by atoms with van der Waals surface area (Å²) in [6.45, 7) is 1.97. The molecule has 0 radical (unpaired) electrons. The lowest BCUT2D eigenvalue weighted by Gasteiger charge is -2.17. The van der Waals surface area contributed by atoms with E-state index in [1.807, 2.05) is 73.0 Å². The Morgan fingerprint density at radius 2 is 2.00 bits per heavy atom. The molecule has 0 aliphatic rings. The maximum atomic E-state index is 13.3. The highest BCUT2D eigenvalue weighted by Crippen LogP contribution is 2.36. The zero-order valence-electron chi connectivity index (χ0n) is 16.5. The lowest BCUT2D eigenvalue weighted by molar-refractivity contribution is -0.115.